The highest BCUT2D eigenvalue weighted by molar-refractivity contribution is 6.30. The van der Waals surface area contributed by atoms with Gasteiger partial charge in [-0.05, 0) is 42.0 Å². The number of amides is 1. The molecule has 0 spiro atoms. The first-order valence-electron chi connectivity index (χ1n) is 8.53. The molecular weight excluding hydrogens is 362 g/mol. The fourth-order valence-electron chi connectivity index (χ4n) is 3.02. The number of nitrogens with zero attached hydrogens (tertiary/aromatic N) is 2. The number of aromatic nitrogens is 2. The molecule has 4 rings (SSSR count). The lowest BCUT2D eigenvalue weighted by Crippen LogP contribution is -2.32. The van der Waals surface area contributed by atoms with Crippen LogP contribution in [0.25, 0.3) is 16.6 Å². The van der Waals surface area contributed by atoms with Gasteiger partial charge in [0.15, 0.2) is 5.82 Å². The molecule has 2 aromatic carbocycles. The Kier molecular flexibility index (Phi) is 4.66. The molecule has 0 aliphatic heterocycles. The number of fused-ring (bicyclic) bond motifs is 3. The lowest BCUT2D eigenvalue weighted by Gasteiger charge is -2.14. The van der Waals surface area contributed by atoms with Crippen LogP contribution in [0.2, 0.25) is 5.02 Å². The predicted octanol–water partition coefficient (Wildman–Crippen LogP) is 3.67. The van der Waals surface area contributed by atoms with Gasteiger partial charge in [-0.15, -0.1) is 0 Å². The molecule has 0 saturated carbocycles. The Balaban J connectivity index is 1.48. The van der Waals surface area contributed by atoms with Gasteiger partial charge >= 0.3 is 0 Å². The van der Waals surface area contributed by atoms with Crippen molar-refractivity contribution in [2.75, 3.05) is 5.43 Å². The summed E-state index contributed by atoms with van der Waals surface area (Å²) in [7, 11) is 0. The quantitative estimate of drug-likeness (QED) is 0.462. The Bertz CT molecular complexity index is 1110. The first-order valence-corrected chi connectivity index (χ1v) is 8.91. The number of nitrogens with two attached hydrogens (primary N) is 1. The molecule has 0 saturated heterocycles. The number of para-hydroxylation sites is 2. The van der Waals surface area contributed by atoms with Gasteiger partial charge in [0.25, 0.3) is 0 Å². The number of hydrogen-bond donors (Lipinski definition) is 3. The number of halogens is 1. The van der Waals surface area contributed by atoms with Crippen LogP contribution in [0.1, 0.15) is 18.0 Å². The van der Waals surface area contributed by atoms with Crippen LogP contribution >= 0.6 is 11.6 Å². The lowest BCUT2D eigenvalue weighted by atomic mass is 10.0. The van der Waals surface area contributed by atoms with Crippen LogP contribution in [0, 0.1) is 0 Å². The molecule has 0 aliphatic carbocycles. The summed E-state index contributed by atoms with van der Waals surface area (Å²) >= 11 is 5.88. The minimum absolute atomic E-state index is 0.138. The van der Waals surface area contributed by atoms with E-state index < -0.39 is 6.04 Å². The van der Waals surface area contributed by atoms with Crippen molar-refractivity contribution >= 4 is 39.9 Å². The molecule has 0 aliphatic rings. The third-order valence-corrected chi connectivity index (χ3v) is 4.64. The third-order valence-electron chi connectivity index (χ3n) is 4.39. The number of benzene rings is 2. The van der Waals surface area contributed by atoms with Crippen LogP contribution in [-0.2, 0) is 4.79 Å². The highest BCUT2D eigenvalue weighted by Gasteiger charge is 2.13. The van der Waals surface area contributed by atoms with Crippen LogP contribution in [0.4, 0.5) is 5.82 Å². The van der Waals surface area contributed by atoms with E-state index in [1.165, 1.54) is 0 Å². The zero-order valence-corrected chi connectivity index (χ0v) is 15.1. The van der Waals surface area contributed by atoms with E-state index in [0.29, 0.717) is 10.8 Å². The minimum Gasteiger partial charge on any atom is -0.324 e. The number of hydrazine groups is 1. The van der Waals surface area contributed by atoms with Crippen molar-refractivity contribution < 1.29 is 4.79 Å². The number of anilines is 1. The van der Waals surface area contributed by atoms with E-state index in [1.807, 2.05) is 59.1 Å². The topological polar surface area (TPSA) is 84.5 Å². The summed E-state index contributed by atoms with van der Waals surface area (Å²) < 4.78 is 2.02. The monoisotopic (exact) mass is 379 g/mol. The molecule has 6 nitrogen and oxygen atoms in total. The molecule has 27 heavy (non-hydrogen) atoms. The first-order chi connectivity index (χ1) is 13.1. The van der Waals surface area contributed by atoms with Gasteiger partial charge < -0.3 is 10.1 Å². The molecule has 0 bridgehead atoms. The Morgan fingerprint density at radius 2 is 1.81 bits per heavy atom. The highest BCUT2D eigenvalue weighted by atomic mass is 35.5. The molecular formula is C20H18ClN5O. The molecule has 4 N–H and O–H groups in total. The van der Waals surface area contributed by atoms with Gasteiger partial charge in [-0.2, -0.15) is 0 Å². The molecule has 1 atom stereocenters. The van der Waals surface area contributed by atoms with Crippen molar-refractivity contribution in [2.24, 2.45) is 5.73 Å². The van der Waals surface area contributed by atoms with Crippen LogP contribution in [0.3, 0.4) is 0 Å². The standard InChI is InChI=1S/C20H18ClN5O/c21-14-9-7-13(8-10-14)15(22)12-19(27)24-25-20-18-6-3-11-26(18)17-5-2-1-4-16(17)23-20/h1-11,15H,12,22H2,(H,23,25)(H,24,27). The normalized spacial score (nSPS) is 12.2. The second-order valence-corrected chi connectivity index (χ2v) is 6.68. The van der Waals surface area contributed by atoms with Gasteiger partial charge in [-0.25, -0.2) is 4.98 Å². The summed E-state index contributed by atoms with van der Waals surface area (Å²) in [5, 5.41) is 0.635. The van der Waals surface area contributed by atoms with Crippen LogP contribution in [-0.4, -0.2) is 15.3 Å². The van der Waals surface area contributed by atoms with Gasteiger partial charge in [-0.3, -0.25) is 15.6 Å². The Labute approximate surface area is 160 Å². The van der Waals surface area contributed by atoms with Crippen molar-refractivity contribution in [3.8, 4) is 0 Å². The maximum Gasteiger partial charge on any atom is 0.240 e. The van der Waals surface area contributed by atoms with E-state index in [2.05, 4.69) is 15.8 Å². The second-order valence-electron chi connectivity index (χ2n) is 6.25. The molecule has 2 heterocycles. The number of rotatable bonds is 5. The fourth-order valence-corrected chi connectivity index (χ4v) is 3.15. The average molecular weight is 380 g/mol. The van der Waals surface area contributed by atoms with Crippen molar-refractivity contribution in [1.29, 1.82) is 0 Å². The molecule has 0 fully saturated rings. The molecule has 2 aromatic heterocycles. The summed E-state index contributed by atoms with van der Waals surface area (Å²) in [6, 6.07) is 18.5. The Hall–Kier alpha value is -3.09. The summed E-state index contributed by atoms with van der Waals surface area (Å²) in [5.41, 5.74) is 15.3. The zero-order valence-electron chi connectivity index (χ0n) is 14.4. The molecule has 7 heteroatoms. The van der Waals surface area contributed by atoms with Gasteiger partial charge in [0, 0.05) is 23.7 Å². The minimum atomic E-state index is -0.415. The van der Waals surface area contributed by atoms with E-state index in [9.17, 15) is 4.79 Å². The molecule has 4 aromatic rings. The zero-order chi connectivity index (χ0) is 18.8. The molecule has 1 unspecified atom stereocenters. The summed E-state index contributed by atoms with van der Waals surface area (Å²) in [6.45, 7) is 0. The van der Waals surface area contributed by atoms with E-state index in [4.69, 9.17) is 17.3 Å². The first kappa shape index (κ1) is 17.3. The Morgan fingerprint density at radius 1 is 1.07 bits per heavy atom. The highest BCUT2D eigenvalue weighted by Crippen LogP contribution is 2.22. The number of nitrogens with one attached hydrogen (secondary N) is 2. The average Bonchev–Trinajstić information content (AvgIpc) is 3.17. The van der Waals surface area contributed by atoms with Crippen LogP contribution in [0.15, 0.2) is 66.9 Å². The number of carbonyl (C=O) groups excluding carboxylic acids is 1. The Morgan fingerprint density at radius 3 is 2.63 bits per heavy atom. The fraction of sp³-hybridized carbons (Fsp3) is 0.100. The van der Waals surface area contributed by atoms with Crippen LogP contribution in [0.5, 0.6) is 0 Å². The number of carbonyl (C=O) groups is 1. The van der Waals surface area contributed by atoms with Crippen molar-refractivity contribution in [1.82, 2.24) is 14.8 Å². The van der Waals surface area contributed by atoms with E-state index in [1.54, 1.807) is 12.1 Å². The van der Waals surface area contributed by atoms with Gasteiger partial charge in [0.2, 0.25) is 5.91 Å². The summed E-state index contributed by atoms with van der Waals surface area (Å²) in [4.78, 5) is 16.9. The SMILES string of the molecule is NC(CC(=O)NNc1nc2ccccc2n2cccc12)c1ccc(Cl)cc1. The maximum atomic E-state index is 12.3. The maximum absolute atomic E-state index is 12.3. The largest absolute Gasteiger partial charge is 0.324 e. The third kappa shape index (κ3) is 3.58. The van der Waals surface area contributed by atoms with E-state index in [0.717, 1.165) is 22.1 Å². The van der Waals surface area contributed by atoms with Crippen LogP contribution < -0.4 is 16.6 Å². The van der Waals surface area contributed by atoms with E-state index in [-0.39, 0.29) is 12.3 Å². The van der Waals surface area contributed by atoms with Gasteiger partial charge in [-0.1, -0.05) is 35.9 Å². The van der Waals surface area contributed by atoms with Gasteiger partial charge in [0.05, 0.1) is 16.6 Å². The van der Waals surface area contributed by atoms with Crippen molar-refractivity contribution in [3.63, 3.8) is 0 Å². The van der Waals surface area contributed by atoms with E-state index >= 15 is 0 Å². The number of hydrogen-bond acceptors (Lipinski definition) is 4. The summed E-state index contributed by atoms with van der Waals surface area (Å²) in [5.74, 6) is 0.351. The summed E-state index contributed by atoms with van der Waals surface area (Å²) in [6.07, 6.45) is 2.10. The van der Waals surface area contributed by atoms with Crippen molar-refractivity contribution in [3.05, 3.63) is 77.4 Å². The molecule has 0 radical (unpaired) electrons. The van der Waals surface area contributed by atoms with Gasteiger partial charge in [0.1, 0.15) is 0 Å². The smallest absolute Gasteiger partial charge is 0.240 e. The predicted molar refractivity (Wildman–Crippen MR) is 107 cm³/mol. The second kappa shape index (κ2) is 7.26. The van der Waals surface area contributed by atoms with Crippen molar-refractivity contribution in [2.45, 2.75) is 12.5 Å². The lowest BCUT2D eigenvalue weighted by molar-refractivity contribution is -0.120. The molecule has 1 amide bonds. The molecule has 136 valence electrons.